The number of carboxylic acids is 2. The molecule has 2 N–H and O–H groups in total. The molecule has 0 saturated carbocycles. The van der Waals surface area contributed by atoms with Gasteiger partial charge in [0, 0.05) is 12.2 Å². The van der Waals surface area contributed by atoms with Gasteiger partial charge in [0.05, 0.1) is 0 Å². The van der Waals surface area contributed by atoms with Crippen LogP contribution in [0.2, 0.25) is 0 Å². The van der Waals surface area contributed by atoms with Gasteiger partial charge in [0.15, 0.2) is 0 Å². The number of carbonyl (C=O) groups is 2. The molecule has 0 aliphatic rings. The van der Waals surface area contributed by atoms with Crippen molar-refractivity contribution in [1.82, 2.24) is 0 Å². The third-order valence-electron chi connectivity index (χ3n) is 1.59. The lowest BCUT2D eigenvalue weighted by Gasteiger charge is -1.91. The molecule has 1 aromatic carbocycles. The Morgan fingerprint density at radius 3 is 1.88 bits per heavy atom. The summed E-state index contributed by atoms with van der Waals surface area (Å²) in [6.07, 6.45) is 4.00. The maximum atomic E-state index is 9.55. The number of carboxylic acid groups (broad SMARTS) is 2. The van der Waals surface area contributed by atoms with Gasteiger partial charge in [-0.05, 0) is 12.0 Å². The van der Waals surface area contributed by atoms with Crippen molar-refractivity contribution in [3.8, 4) is 0 Å². The van der Waals surface area contributed by atoms with Gasteiger partial charge in [-0.15, -0.1) is 6.58 Å². The van der Waals surface area contributed by atoms with Crippen LogP contribution in [0.4, 0.5) is 0 Å². The smallest absolute Gasteiger partial charge is 0.328 e. The topological polar surface area (TPSA) is 74.6 Å². The molecule has 0 atom stereocenters. The SMILES string of the molecule is C=CCc1ccccc1.O=C(O)/C=C\C(=O)O. The van der Waals surface area contributed by atoms with Crippen molar-refractivity contribution < 1.29 is 19.8 Å². The average Bonchev–Trinajstić information content (AvgIpc) is 2.29. The molecule has 0 aliphatic carbocycles. The number of allylic oxidation sites excluding steroid dienone is 1. The molecule has 0 spiro atoms. The van der Waals surface area contributed by atoms with E-state index in [0.717, 1.165) is 6.42 Å². The molecule has 0 aliphatic heterocycles. The second-order valence-electron chi connectivity index (χ2n) is 2.99. The van der Waals surface area contributed by atoms with Gasteiger partial charge < -0.3 is 10.2 Å². The largest absolute Gasteiger partial charge is 0.478 e. The van der Waals surface area contributed by atoms with Crippen LogP contribution in [0.25, 0.3) is 0 Å². The zero-order chi connectivity index (χ0) is 13.1. The van der Waals surface area contributed by atoms with Crippen molar-refractivity contribution in [2.45, 2.75) is 6.42 Å². The molecule has 0 aromatic heterocycles. The lowest BCUT2D eigenvalue weighted by Crippen LogP contribution is -1.91. The van der Waals surface area contributed by atoms with E-state index in [1.54, 1.807) is 0 Å². The molecular formula is C13H14O4. The number of benzene rings is 1. The molecule has 17 heavy (non-hydrogen) atoms. The molecule has 0 saturated heterocycles. The quantitative estimate of drug-likeness (QED) is 0.618. The predicted octanol–water partition coefficient (Wildman–Crippen LogP) is 2.13. The second kappa shape index (κ2) is 8.91. The monoisotopic (exact) mass is 234 g/mol. The highest BCUT2D eigenvalue weighted by molar-refractivity contribution is 5.89. The van der Waals surface area contributed by atoms with Crippen molar-refractivity contribution in [3.05, 3.63) is 60.7 Å². The molecular weight excluding hydrogens is 220 g/mol. The molecule has 0 heterocycles. The normalized spacial score (nSPS) is 9.18. The van der Waals surface area contributed by atoms with Crippen LogP contribution in [0.3, 0.4) is 0 Å². The molecule has 4 nitrogen and oxygen atoms in total. The van der Waals surface area contributed by atoms with E-state index in [0.29, 0.717) is 12.2 Å². The highest BCUT2D eigenvalue weighted by Crippen LogP contribution is 1.98. The van der Waals surface area contributed by atoms with Crippen LogP contribution in [-0.4, -0.2) is 22.2 Å². The van der Waals surface area contributed by atoms with Crippen molar-refractivity contribution >= 4 is 11.9 Å². The van der Waals surface area contributed by atoms with Crippen LogP contribution in [0, 0.1) is 0 Å². The van der Waals surface area contributed by atoms with Gasteiger partial charge in [-0.2, -0.15) is 0 Å². The summed E-state index contributed by atoms with van der Waals surface area (Å²) < 4.78 is 0. The van der Waals surface area contributed by atoms with E-state index in [1.807, 2.05) is 24.3 Å². The van der Waals surface area contributed by atoms with Gasteiger partial charge >= 0.3 is 11.9 Å². The zero-order valence-corrected chi connectivity index (χ0v) is 9.24. The summed E-state index contributed by atoms with van der Waals surface area (Å²) in [6.45, 7) is 3.66. The standard InChI is InChI=1S/C9H10.C4H4O4/c1-2-6-9-7-4-3-5-8-9;5-3(6)1-2-4(7)8/h2-5,7-8H,1,6H2;1-2H,(H,5,6)(H,7,8)/b;2-1-. The minimum atomic E-state index is -1.26. The lowest BCUT2D eigenvalue weighted by atomic mass is 10.2. The second-order valence-corrected chi connectivity index (χ2v) is 2.99. The van der Waals surface area contributed by atoms with E-state index in [2.05, 4.69) is 18.7 Å². The first kappa shape index (κ1) is 14.6. The van der Waals surface area contributed by atoms with Gasteiger partial charge in [0.1, 0.15) is 0 Å². The molecule has 0 fully saturated rings. The minimum absolute atomic E-state index is 0.558. The van der Waals surface area contributed by atoms with Gasteiger partial charge in [0.2, 0.25) is 0 Å². The minimum Gasteiger partial charge on any atom is -0.478 e. The number of hydrogen-bond acceptors (Lipinski definition) is 2. The highest BCUT2D eigenvalue weighted by atomic mass is 16.4. The molecule has 0 bridgehead atoms. The fraction of sp³-hybridized carbons (Fsp3) is 0.0769. The fourth-order valence-electron chi connectivity index (χ4n) is 0.923. The number of rotatable bonds is 4. The summed E-state index contributed by atoms with van der Waals surface area (Å²) in [4.78, 5) is 19.1. The van der Waals surface area contributed by atoms with Crippen LogP contribution in [0.15, 0.2) is 55.1 Å². The molecule has 0 radical (unpaired) electrons. The van der Waals surface area contributed by atoms with Crippen molar-refractivity contribution in [2.75, 3.05) is 0 Å². The molecule has 0 unspecified atom stereocenters. The Labute approximate surface area is 99.5 Å². The Kier molecular flexibility index (Phi) is 7.67. The number of aliphatic carboxylic acids is 2. The first-order chi connectivity index (χ1) is 8.06. The molecule has 90 valence electrons. The summed E-state index contributed by atoms with van der Waals surface area (Å²) in [5.41, 5.74) is 1.33. The third kappa shape index (κ3) is 9.93. The van der Waals surface area contributed by atoms with Crippen molar-refractivity contribution in [1.29, 1.82) is 0 Å². The summed E-state index contributed by atoms with van der Waals surface area (Å²) in [7, 11) is 0. The van der Waals surface area contributed by atoms with Crippen molar-refractivity contribution in [3.63, 3.8) is 0 Å². The first-order valence-corrected chi connectivity index (χ1v) is 4.85. The van der Waals surface area contributed by atoms with E-state index < -0.39 is 11.9 Å². The average molecular weight is 234 g/mol. The molecule has 1 rings (SSSR count). The van der Waals surface area contributed by atoms with E-state index in [1.165, 1.54) is 5.56 Å². The Hall–Kier alpha value is -2.36. The van der Waals surface area contributed by atoms with E-state index in [-0.39, 0.29) is 0 Å². The lowest BCUT2D eigenvalue weighted by molar-refractivity contribution is -0.134. The van der Waals surface area contributed by atoms with Gasteiger partial charge in [-0.1, -0.05) is 36.4 Å². The van der Waals surface area contributed by atoms with Gasteiger partial charge in [-0.3, -0.25) is 0 Å². The van der Waals surface area contributed by atoms with Crippen LogP contribution in [0.1, 0.15) is 5.56 Å². The zero-order valence-electron chi connectivity index (χ0n) is 9.24. The summed E-state index contributed by atoms with van der Waals surface area (Å²) in [5.74, 6) is -2.51. The highest BCUT2D eigenvalue weighted by Gasteiger charge is 1.88. The Balaban J connectivity index is 0.000000304. The maximum Gasteiger partial charge on any atom is 0.328 e. The van der Waals surface area contributed by atoms with E-state index in [4.69, 9.17) is 10.2 Å². The maximum absolute atomic E-state index is 9.55. The summed E-state index contributed by atoms with van der Waals surface area (Å²) in [5, 5.41) is 15.6. The predicted molar refractivity (Wildman–Crippen MR) is 64.8 cm³/mol. The number of hydrogen-bond donors (Lipinski definition) is 2. The Bertz CT molecular complexity index is 377. The van der Waals surface area contributed by atoms with Crippen LogP contribution >= 0.6 is 0 Å². The van der Waals surface area contributed by atoms with Crippen LogP contribution < -0.4 is 0 Å². The first-order valence-electron chi connectivity index (χ1n) is 4.85. The van der Waals surface area contributed by atoms with Crippen molar-refractivity contribution in [2.24, 2.45) is 0 Å². The van der Waals surface area contributed by atoms with E-state index >= 15 is 0 Å². The Morgan fingerprint density at radius 1 is 1.06 bits per heavy atom. The van der Waals surface area contributed by atoms with Gasteiger partial charge in [-0.25, -0.2) is 9.59 Å². The third-order valence-corrected chi connectivity index (χ3v) is 1.59. The fourth-order valence-corrected chi connectivity index (χ4v) is 0.923. The summed E-state index contributed by atoms with van der Waals surface area (Å²) in [6, 6.07) is 10.3. The van der Waals surface area contributed by atoms with Gasteiger partial charge in [0.25, 0.3) is 0 Å². The molecule has 1 aromatic rings. The molecule has 0 amide bonds. The van der Waals surface area contributed by atoms with Crippen LogP contribution in [0.5, 0.6) is 0 Å². The molecule has 4 heteroatoms. The summed E-state index contributed by atoms with van der Waals surface area (Å²) >= 11 is 0. The van der Waals surface area contributed by atoms with E-state index in [9.17, 15) is 9.59 Å². The Morgan fingerprint density at radius 2 is 1.53 bits per heavy atom. The van der Waals surface area contributed by atoms with Crippen LogP contribution in [-0.2, 0) is 16.0 Å².